The highest BCUT2D eigenvalue weighted by Crippen LogP contribution is 2.34. The molecule has 1 aromatic carbocycles. The minimum atomic E-state index is 0.274. The molecule has 0 spiro atoms. The van der Waals surface area contributed by atoms with Gasteiger partial charge >= 0.3 is 0 Å². The van der Waals surface area contributed by atoms with Crippen molar-refractivity contribution in [2.45, 2.75) is 17.9 Å². The summed E-state index contributed by atoms with van der Waals surface area (Å²) in [5.41, 5.74) is 2.61. The second-order valence-corrected chi connectivity index (χ2v) is 7.38. The van der Waals surface area contributed by atoms with Gasteiger partial charge in [0.25, 0.3) is 0 Å². The first-order valence-corrected chi connectivity index (χ1v) is 8.56. The molecular weight excluding hydrogens is 326 g/mol. The van der Waals surface area contributed by atoms with E-state index in [2.05, 4.69) is 64.8 Å². The molecule has 2 rings (SSSR count). The molecule has 0 fully saturated rings. The summed E-state index contributed by atoms with van der Waals surface area (Å²) < 4.78 is 1.22. The van der Waals surface area contributed by atoms with Gasteiger partial charge in [-0.05, 0) is 65.5 Å². The molecule has 0 radical (unpaired) electrons. The minimum Gasteiger partial charge on any atom is -0.309 e. The highest BCUT2D eigenvalue weighted by atomic mass is 79.9. The Hall–Kier alpha value is -0.290. The zero-order valence-electron chi connectivity index (χ0n) is 10.7. The molecule has 0 bridgehead atoms. The van der Waals surface area contributed by atoms with Crippen molar-refractivity contribution in [1.82, 2.24) is 5.32 Å². The van der Waals surface area contributed by atoms with E-state index in [1.165, 1.54) is 24.7 Å². The first kappa shape index (κ1) is 14.1. The maximum Gasteiger partial charge on any atom is 0.0731 e. The summed E-state index contributed by atoms with van der Waals surface area (Å²) >= 11 is 7.17. The second kappa shape index (κ2) is 6.24. The monoisotopic (exact) mass is 341 g/mol. The van der Waals surface area contributed by atoms with E-state index >= 15 is 0 Å². The zero-order valence-corrected chi connectivity index (χ0v) is 13.9. The van der Waals surface area contributed by atoms with Crippen molar-refractivity contribution in [3.63, 3.8) is 0 Å². The van der Waals surface area contributed by atoms with Gasteiger partial charge in [-0.25, -0.2) is 0 Å². The fraction of sp³-hybridized carbons (Fsp3) is 0.286. The Kier molecular flexibility index (Phi) is 4.90. The van der Waals surface area contributed by atoms with Gasteiger partial charge in [0, 0.05) is 9.77 Å². The molecule has 0 amide bonds. The van der Waals surface area contributed by atoms with E-state index in [1.54, 1.807) is 23.1 Å². The van der Waals surface area contributed by atoms with Crippen LogP contribution in [0.4, 0.5) is 0 Å². The van der Waals surface area contributed by atoms with Gasteiger partial charge < -0.3 is 5.32 Å². The predicted molar refractivity (Wildman–Crippen MR) is 85.9 cm³/mol. The van der Waals surface area contributed by atoms with Crippen molar-refractivity contribution in [3.05, 3.63) is 50.1 Å². The number of nitrogens with one attached hydrogen (secondary N) is 1. The Morgan fingerprint density at radius 2 is 1.94 bits per heavy atom. The average molecular weight is 342 g/mol. The Bertz CT molecular complexity index is 500. The summed E-state index contributed by atoms with van der Waals surface area (Å²) in [6.45, 7) is 2.13. The maximum atomic E-state index is 3.60. The third-order valence-electron chi connectivity index (χ3n) is 2.90. The van der Waals surface area contributed by atoms with E-state index in [1.807, 2.05) is 7.05 Å². The smallest absolute Gasteiger partial charge is 0.0731 e. The molecular formula is C14H16BrNS2. The van der Waals surface area contributed by atoms with Crippen molar-refractivity contribution in [3.8, 4) is 0 Å². The number of hydrogen-bond acceptors (Lipinski definition) is 3. The molecule has 0 aliphatic carbocycles. The lowest BCUT2D eigenvalue weighted by molar-refractivity contribution is 0.703. The number of thioether (sulfide) groups is 1. The van der Waals surface area contributed by atoms with E-state index in [0.29, 0.717) is 0 Å². The quantitative estimate of drug-likeness (QED) is 0.797. The first-order valence-electron chi connectivity index (χ1n) is 5.72. The Labute approximate surface area is 125 Å². The molecule has 1 N–H and O–H groups in total. The molecule has 1 unspecified atom stereocenters. The molecule has 1 nitrogen and oxygen atoms in total. The first-order chi connectivity index (χ1) is 8.65. The number of rotatable bonds is 4. The molecule has 2 aromatic rings. The van der Waals surface area contributed by atoms with Gasteiger partial charge in [-0.2, -0.15) is 0 Å². The topological polar surface area (TPSA) is 12.0 Å². The van der Waals surface area contributed by atoms with Gasteiger partial charge in [0.15, 0.2) is 0 Å². The predicted octanol–water partition coefficient (Wildman–Crippen LogP) is 4.85. The number of hydrogen-bond donors (Lipinski definition) is 1. The maximum absolute atomic E-state index is 3.60. The molecule has 0 saturated carbocycles. The van der Waals surface area contributed by atoms with Crippen LogP contribution in [-0.4, -0.2) is 13.3 Å². The van der Waals surface area contributed by atoms with E-state index in [-0.39, 0.29) is 6.04 Å². The van der Waals surface area contributed by atoms with Crippen LogP contribution < -0.4 is 5.32 Å². The molecule has 0 aliphatic heterocycles. The van der Waals surface area contributed by atoms with Crippen molar-refractivity contribution in [1.29, 1.82) is 0 Å². The van der Waals surface area contributed by atoms with Crippen LogP contribution in [0.25, 0.3) is 0 Å². The van der Waals surface area contributed by atoms with Crippen LogP contribution in [0, 0.1) is 6.92 Å². The highest BCUT2D eigenvalue weighted by Gasteiger charge is 2.15. The standard InChI is InChI=1S/C14H16BrNS2/c1-9-8-12(18-14(9)15)13(16-2)10-4-6-11(17-3)7-5-10/h4-8,13,16H,1-3H3. The van der Waals surface area contributed by atoms with Gasteiger partial charge in [0.2, 0.25) is 0 Å². The fourth-order valence-electron chi connectivity index (χ4n) is 1.90. The lowest BCUT2D eigenvalue weighted by Gasteiger charge is -2.15. The average Bonchev–Trinajstić information content (AvgIpc) is 2.71. The Morgan fingerprint density at radius 1 is 1.28 bits per heavy atom. The molecule has 1 atom stereocenters. The molecule has 0 saturated heterocycles. The lowest BCUT2D eigenvalue weighted by atomic mass is 10.1. The fourth-order valence-corrected chi connectivity index (χ4v) is 4.01. The van der Waals surface area contributed by atoms with Crippen LogP contribution in [0.2, 0.25) is 0 Å². The Morgan fingerprint density at radius 3 is 2.39 bits per heavy atom. The van der Waals surface area contributed by atoms with Crippen LogP contribution in [-0.2, 0) is 0 Å². The van der Waals surface area contributed by atoms with Gasteiger partial charge in [0.1, 0.15) is 0 Å². The SMILES string of the molecule is CNC(c1ccc(SC)cc1)c1cc(C)c(Br)s1. The second-order valence-electron chi connectivity index (χ2n) is 4.10. The molecule has 4 heteroatoms. The molecule has 18 heavy (non-hydrogen) atoms. The van der Waals surface area contributed by atoms with Crippen LogP contribution >= 0.6 is 39.0 Å². The number of thiophene rings is 1. The van der Waals surface area contributed by atoms with E-state index in [0.717, 1.165) is 0 Å². The molecule has 1 heterocycles. The van der Waals surface area contributed by atoms with Gasteiger partial charge in [-0.1, -0.05) is 12.1 Å². The summed E-state index contributed by atoms with van der Waals surface area (Å²) in [6, 6.07) is 11.3. The van der Waals surface area contributed by atoms with Crippen LogP contribution in [0.3, 0.4) is 0 Å². The van der Waals surface area contributed by atoms with Crippen molar-refractivity contribution in [2.75, 3.05) is 13.3 Å². The van der Waals surface area contributed by atoms with Crippen LogP contribution in [0.15, 0.2) is 39.0 Å². The van der Waals surface area contributed by atoms with Gasteiger partial charge in [-0.3, -0.25) is 0 Å². The van der Waals surface area contributed by atoms with Gasteiger partial charge in [-0.15, -0.1) is 23.1 Å². The minimum absolute atomic E-state index is 0.274. The van der Waals surface area contributed by atoms with E-state index < -0.39 is 0 Å². The number of halogens is 1. The Balaban J connectivity index is 2.32. The summed E-state index contributed by atoms with van der Waals surface area (Å²) in [5, 5.41) is 3.40. The van der Waals surface area contributed by atoms with Crippen molar-refractivity contribution in [2.24, 2.45) is 0 Å². The van der Waals surface area contributed by atoms with E-state index in [4.69, 9.17) is 0 Å². The summed E-state index contributed by atoms with van der Waals surface area (Å²) in [4.78, 5) is 2.65. The molecule has 0 aliphatic rings. The number of aryl methyl sites for hydroxylation is 1. The molecule has 96 valence electrons. The third kappa shape index (κ3) is 2.99. The largest absolute Gasteiger partial charge is 0.309 e. The summed E-state index contributed by atoms with van der Waals surface area (Å²) in [6.07, 6.45) is 2.10. The molecule has 1 aromatic heterocycles. The lowest BCUT2D eigenvalue weighted by Crippen LogP contribution is -2.16. The normalized spacial score (nSPS) is 12.7. The van der Waals surface area contributed by atoms with Crippen LogP contribution in [0.1, 0.15) is 22.0 Å². The van der Waals surface area contributed by atoms with E-state index in [9.17, 15) is 0 Å². The summed E-state index contributed by atoms with van der Waals surface area (Å²) in [7, 11) is 2.01. The van der Waals surface area contributed by atoms with Crippen molar-refractivity contribution < 1.29 is 0 Å². The van der Waals surface area contributed by atoms with Crippen LogP contribution in [0.5, 0.6) is 0 Å². The van der Waals surface area contributed by atoms with Gasteiger partial charge in [0.05, 0.1) is 9.83 Å². The summed E-state index contributed by atoms with van der Waals surface area (Å²) in [5.74, 6) is 0. The number of benzene rings is 1. The highest BCUT2D eigenvalue weighted by molar-refractivity contribution is 9.11. The zero-order chi connectivity index (χ0) is 13.1. The van der Waals surface area contributed by atoms with Crippen molar-refractivity contribution >= 4 is 39.0 Å². The third-order valence-corrected chi connectivity index (χ3v) is 5.84.